The number of nitrogens with zero attached hydrogens (tertiary/aromatic N) is 2. The molecular weight excluding hydrogens is 293 g/mol. The van der Waals surface area contributed by atoms with Gasteiger partial charge in [-0.15, -0.1) is 0 Å². The van der Waals surface area contributed by atoms with Gasteiger partial charge in [-0.1, -0.05) is 23.2 Å². The van der Waals surface area contributed by atoms with Crippen LogP contribution in [0.4, 0.5) is 11.5 Å². The van der Waals surface area contributed by atoms with E-state index in [1.807, 2.05) is 12.1 Å². The summed E-state index contributed by atoms with van der Waals surface area (Å²) in [6, 6.07) is 9.36. The van der Waals surface area contributed by atoms with E-state index in [1.165, 1.54) is 5.56 Å². The molecule has 1 aliphatic rings. The SMILES string of the molecule is N#Cc1cc2c(nc1Nc1ccc(Cl)c(Cl)c1)CCC2. The van der Waals surface area contributed by atoms with Gasteiger partial charge in [0.25, 0.3) is 0 Å². The van der Waals surface area contributed by atoms with Crippen molar-refractivity contribution in [1.82, 2.24) is 4.98 Å². The van der Waals surface area contributed by atoms with Gasteiger partial charge >= 0.3 is 0 Å². The zero-order chi connectivity index (χ0) is 14.1. The second kappa shape index (κ2) is 5.32. The zero-order valence-corrected chi connectivity index (χ0v) is 12.1. The Morgan fingerprint density at radius 3 is 2.75 bits per heavy atom. The van der Waals surface area contributed by atoms with Crippen molar-refractivity contribution in [2.24, 2.45) is 0 Å². The van der Waals surface area contributed by atoms with Gasteiger partial charge in [-0.3, -0.25) is 0 Å². The first-order chi connectivity index (χ1) is 9.67. The molecule has 0 aliphatic heterocycles. The van der Waals surface area contributed by atoms with Gasteiger partial charge in [0.15, 0.2) is 0 Å². The van der Waals surface area contributed by atoms with E-state index in [1.54, 1.807) is 12.1 Å². The predicted molar refractivity (Wildman–Crippen MR) is 80.7 cm³/mol. The minimum absolute atomic E-state index is 0.469. The number of hydrogen-bond acceptors (Lipinski definition) is 3. The number of rotatable bonds is 2. The summed E-state index contributed by atoms with van der Waals surface area (Å²) >= 11 is 11.9. The van der Waals surface area contributed by atoms with Crippen molar-refractivity contribution in [3.63, 3.8) is 0 Å². The van der Waals surface area contributed by atoms with Gasteiger partial charge in [0, 0.05) is 11.4 Å². The number of aromatic nitrogens is 1. The number of hydrogen-bond donors (Lipinski definition) is 1. The van der Waals surface area contributed by atoms with E-state index < -0.39 is 0 Å². The molecule has 2 aromatic rings. The van der Waals surface area contributed by atoms with Crippen molar-refractivity contribution in [3.8, 4) is 6.07 Å². The van der Waals surface area contributed by atoms with Crippen LogP contribution < -0.4 is 5.32 Å². The highest BCUT2D eigenvalue weighted by molar-refractivity contribution is 6.42. The molecule has 0 radical (unpaired) electrons. The fraction of sp³-hybridized carbons (Fsp3) is 0.200. The molecule has 0 saturated carbocycles. The number of halogens is 2. The van der Waals surface area contributed by atoms with E-state index >= 15 is 0 Å². The van der Waals surface area contributed by atoms with Gasteiger partial charge < -0.3 is 5.32 Å². The largest absolute Gasteiger partial charge is 0.339 e. The molecular formula is C15H11Cl2N3. The fourth-order valence-electron chi connectivity index (χ4n) is 2.36. The molecule has 1 aromatic heterocycles. The summed E-state index contributed by atoms with van der Waals surface area (Å²) in [6.45, 7) is 0. The Morgan fingerprint density at radius 2 is 2.00 bits per heavy atom. The maximum atomic E-state index is 9.25. The Bertz CT molecular complexity index is 720. The third kappa shape index (κ3) is 2.45. The molecule has 3 nitrogen and oxygen atoms in total. The molecule has 0 atom stereocenters. The maximum Gasteiger partial charge on any atom is 0.148 e. The smallest absolute Gasteiger partial charge is 0.148 e. The van der Waals surface area contributed by atoms with E-state index in [0.29, 0.717) is 21.4 Å². The summed E-state index contributed by atoms with van der Waals surface area (Å²) in [5, 5.41) is 13.4. The average Bonchev–Trinajstić information content (AvgIpc) is 2.89. The summed E-state index contributed by atoms with van der Waals surface area (Å²) in [7, 11) is 0. The first kappa shape index (κ1) is 13.2. The highest BCUT2D eigenvalue weighted by Gasteiger charge is 2.16. The second-order valence-electron chi connectivity index (χ2n) is 4.71. The highest BCUT2D eigenvalue weighted by atomic mass is 35.5. The maximum absolute atomic E-state index is 9.25. The van der Waals surface area contributed by atoms with Crippen LogP contribution in [-0.2, 0) is 12.8 Å². The van der Waals surface area contributed by atoms with Gasteiger partial charge in [-0.05, 0) is 49.1 Å². The summed E-state index contributed by atoms with van der Waals surface area (Å²) in [5.41, 5.74) is 3.57. The topological polar surface area (TPSA) is 48.7 Å². The first-order valence-corrected chi connectivity index (χ1v) is 7.08. The third-order valence-corrected chi connectivity index (χ3v) is 4.09. The average molecular weight is 304 g/mol. The quantitative estimate of drug-likeness (QED) is 0.889. The Kier molecular flexibility index (Phi) is 3.52. The van der Waals surface area contributed by atoms with E-state index in [-0.39, 0.29) is 0 Å². The van der Waals surface area contributed by atoms with Gasteiger partial charge in [-0.2, -0.15) is 5.26 Å². The monoisotopic (exact) mass is 303 g/mol. The Labute approximate surface area is 127 Å². The van der Waals surface area contributed by atoms with Crippen LogP contribution in [0.1, 0.15) is 23.2 Å². The van der Waals surface area contributed by atoms with Gasteiger partial charge in [-0.25, -0.2) is 4.98 Å². The molecule has 1 N–H and O–H groups in total. The van der Waals surface area contributed by atoms with Crippen LogP contribution in [0, 0.1) is 11.3 Å². The summed E-state index contributed by atoms with van der Waals surface area (Å²) < 4.78 is 0. The van der Waals surface area contributed by atoms with Crippen LogP contribution in [0.3, 0.4) is 0 Å². The van der Waals surface area contributed by atoms with E-state index in [9.17, 15) is 5.26 Å². The molecule has 0 bridgehead atoms. The fourth-order valence-corrected chi connectivity index (χ4v) is 2.66. The van der Waals surface area contributed by atoms with Crippen molar-refractivity contribution in [3.05, 3.63) is 51.1 Å². The lowest BCUT2D eigenvalue weighted by Crippen LogP contribution is -2.00. The number of fused-ring (bicyclic) bond motifs is 1. The van der Waals surface area contributed by atoms with Crippen LogP contribution >= 0.6 is 23.2 Å². The minimum atomic E-state index is 0.469. The number of anilines is 2. The molecule has 0 amide bonds. The zero-order valence-electron chi connectivity index (χ0n) is 10.6. The summed E-state index contributed by atoms with van der Waals surface area (Å²) in [6.07, 6.45) is 3.07. The van der Waals surface area contributed by atoms with Crippen molar-refractivity contribution in [2.45, 2.75) is 19.3 Å². The third-order valence-electron chi connectivity index (χ3n) is 3.35. The second-order valence-corrected chi connectivity index (χ2v) is 5.52. The molecule has 20 heavy (non-hydrogen) atoms. The molecule has 1 aromatic carbocycles. The molecule has 0 unspecified atom stereocenters. The normalized spacial score (nSPS) is 12.8. The number of pyridine rings is 1. The molecule has 100 valence electrons. The highest BCUT2D eigenvalue weighted by Crippen LogP contribution is 2.29. The van der Waals surface area contributed by atoms with Crippen molar-refractivity contribution < 1.29 is 0 Å². The molecule has 5 heteroatoms. The predicted octanol–water partition coefficient (Wildman–Crippen LogP) is 4.49. The van der Waals surface area contributed by atoms with Crippen LogP contribution in [0.25, 0.3) is 0 Å². The van der Waals surface area contributed by atoms with E-state index in [4.69, 9.17) is 23.2 Å². The van der Waals surface area contributed by atoms with Gasteiger partial charge in [0.1, 0.15) is 11.9 Å². The van der Waals surface area contributed by atoms with Gasteiger partial charge in [0.05, 0.1) is 15.6 Å². The minimum Gasteiger partial charge on any atom is -0.339 e. The number of nitriles is 1. The molecule has 1 heterocycles. The Morgan fingerprint density at radius 1 is 1.15 bits per heavy atom. The van der Waals surface area contributed by atoms with Crippen molar-refractivity contribution in [2.75, 3.05) is 5.32 Å². The molecule has 3 rings (SSSR count). The lowest BCUT2D eigenvalue weighted by molar-refractivity contribution is 0.900. The van der Waals surface area contributed by atoms with Crippen LogP contribution in [0.15, 0.2) is 24.3 Å². The Balaban J connectivity index is 1.98. The van der Waals surface area contributed by atoms with Gasteiger partial charge in [0.2, 0.25) is 0 Å². The van der Waals surface area contributed by atoms with Crippen LogP contribution in [-0.4, -0.2) is 4.98 Å². The molecule has 0 saturated heterocycles. The number of nitrogens with one attached hydrogen (secondary N) is 1. The van der Waals surface area contributed by atoms with Crippen molar-refractivity contribution >= 4 is 34.7 Å². The van der Waals surface area contributed by atoms with E-state index in [2.05, 4.69) is 16.4 Å². The first-order valence-electron chi connectivity index (χ1n) is 6.32. The standard InChI is InChI=1S/C15H11Cl2N3/c16-12-5-4-11(7-13(12)17)19-15-10(8-18)6-9-2-1-3-14(9)20-15/h4-7H,1-3H2,(H,19,20). The Hall–Kier alpha value is -1.76. The lowest BCUT2D eigenvalue weighted by atomic mass is 10.1. The number of benzene rings is 1. The van der Waals surface area contributed by atoms with Crippen LogP contribution in [0.5, 0.6) is 0 Å². The molecule has 0 fully saturated rings. The lowest BCUT2D eigenvalue weighted by Gasteiger charge is -2.10. The van der Waals surface area contributed by atoms with Crippen molar-refractivity contribution in [1.29, 1.82) is 5.26 Å². The summed E-state index contributed by atoms with van der Waals surface area (Å²) in [4.78, 5) is 4.56. The number of aryl methyl sites for hydroxylation is 2. The molecule has 1 aliphatic carbocycles. The molecule has 0 spiro atoms. The summed E-state index contributed by atoms with van der Waals surface area (Å²) in [5.74, 6) is 0.575. The van der Waals surface area contributed by atoms with Crippen LogP contribution in [0.2, 0.25) is 10.0 Å². The van der Waals surface area contributed by atoms with E-state index in [0.717, 1.165) is 30.6 Å².